The first kappa shape index (κ1) is 32.2. The first-order valence-corrected chi connectivity index (χ1v) is 17.5. The minimum Gasteiger partial charge on any atom is -0.381 e. The zero-order valence-electron chi connectivity index (χ0n) is 28.4. The zero-order chi connectivity index (χ0) is 34.4. The van der Waals surface area contributed by atoms with Crippen LogP contribution in [0.1, 0.15) is 76.2 Å². The van der Waals surface area contributed by atoms with Gasteiger partial charge in [0.15, 0.2) is 6.23 Å². The van der Waals surface area contributed by atoms with Crippen molar-refractivity contribution in [1.82, 2.24) is 10.3 Å². The van der Waals surface area contributed by atoms with E-state index in [1.54, 1.807) is 0 Å². The van der Waals surface area contributed by atoms with Gasteiger partial charge in [0, 0.05) is 60.8 Å². The maximum atomic E-state index is 13.6. The third-order valence-electron chi connectivity index (χ3n) is 10.5. The highest BCUT2D eigenvalue weighted by atomic mass is 16.5. The lowest BCUT2D eigenvalue weighted by Gasteiger charge is -2.53. The number of carbonyl (C=O) groups excluding carboxylic acids is 2. The van der Waals surface area contributed by atoms with E-state index in [-0.39, 0.29) is 23.3 Å². The van der Waals surface area contributed by atoms with Gasteiger partial charge in [-0.2, -0.15) is 0 Å². The lowest BCUT2D eigenvalue weighted by Crippen LogP contribution is -2.59. The quantitative estimate of drug-likeness (QED) is 0.205. The fourth-order valence-electron chi connectivity index (χ4n) is 7.39. The normalized spacial score (nSPS) is 20.0. The first-order chi connectivity index (χ1) is 24.3. The zero-order valence-corrected chi connectivity index (χ0v) is 28.4. The summed E-state index contributed by atoms with van der Waals surface area (Å²) in [6.45, 7) is 7.31. The molecule has 2 amide bonds. The average Bonchev–Trinajstić information content (AvgIpc) is 3.95. The molecule has 4 heterocycles. The van der Waals surface area contributed by atoms with Crippen LogP contribution < -0.4 is 20.4 Å². The van der Waals surface area contributed by atoms with Crippen molar-refractivity contribution in [2.75, 3.05) is 41.4 Å². The Kier molecular flexibility index (Phi) is 8.36. The van der Waals surface area contributed by atoms with E-state index in [0.29, 0.717) is 34.2 Å². The van der Waals surface area contributed by atoms with Gasteiger partial charge in [-0.15, -0.1) is 0 Å². The van der Waals surface area contributed by atoms with Crippen LogP contribution in [0.15, 0.2) is 90.1 Å². The SMILES string of the molecule is Cc1cnc(N2CC3(CCOCC3)C2)c(C(=O)Nc2ccc(C(O)N3c4ccccc4N=C(c4ccc(C(=O)NC5CC5)cc4)[C@H]3C)cc2)c1. The van der Waals surface area contributed by atoms with Crippen LogP contribution in [0.5, 0.6) is 0 Å². The summed E-state index contributed by atoms with van der Waals surface area (Å²) >= 11 is 0. The van der Waals surface area contributed by atoms with Gasteiger partial charge >= 0.3 is 0 Å². The van der Waals surface area contributed by atoms with E-state index in [4.69, 9.17) is 9.73 Å². The van der Waals surface area contributed by atoms with E-state index in [9.17, 15) is 14.7 Å². The lowest BCUT2D eigenvalue weighted by molar-refractivity contribution is -0.000510. The summed E-state index contributed by atoms with van der Waals surface area (Å²) in [5.41, 5.74) is 6.92. The lowest BCUT2D eigenvalue weighted by atomic mass is 9.73. The highest BCUT2D eigenvalue weighted by molar-refractivity contribution is 6.10. The maximum Gasteiger partial charge on any atom is 0.259 e. The summed E-state index contributed by atoms with van der Waals surface area (Å²) < 4.78 is 5.57. The van der Waals surface area contributed by atoms with E-state index < -0.39 is 6.23 Å². The number of ether oxygens (including phenoxy) is 1. The second kappa shape index (κ2) is 13.0. The van der Waals surface area contributed by atoms with Gasteiger partial charge in [0.1, 0.15) is 5.82 Å². The monoisotopic (exact) mass is 670 g/mol. The van der Waals surface area contributed by atoms with Gasteiger partial charge in [0.05, 0.1) is 28.7 Å². The Morgan fingerprint density at radius 2 is 1.68 bits per heavy atom. The van der Waals surface area contributed by atoms with Crippen molar-refractivity contribution in [3.8, 4) is 0 Å². The summed E-state index contributed by atoms with van der Waals surface area (Å²) in [6, 6.07) is 24.5. The number of fused-ring (bicyclic) bond motifs is 1. The Labute approximate surface area is 292 Å². The number of hydrogen-bond acceptors (Lipinski definition) is 8. The molecule has 8 rings (SSSR count). The third-order valence-corrected chi connectivity index (χ3v) is 10.5. The molecule has 256 valence electrons. The molecule has 1 aromatic heterocycles. The Hall–Kier alpha value is -5.06. The van der Waals surface area contributed by atoms with E-state index in [2.05, 4.69) is 20.5 Å². The molecule has 2 saturated heterocycles. The number of para-hydroxylation sites is 2. The maximum absolute atomic E-state index is 13.6. The highest BCUT2D eigenvalue weighted by Crippen LogP contribution is 2.43. The average molecular weight is 671 g/mol. The van der Waals surface area contributed by atoms with E-state index in [1.807, 2.05) is 104 Å². The number of aliphatic imine (C=N–C) groups is 1. The standard InChI is InChI=1S/C40H42N6O4/c1-25-21-32(36(41-22-25)45-23-40(24-45)17-19-50-20-18-40)38(48)43-30-13-11-29(12-14-30)39(49)46-26(2)35(44-33-5-3-4-6-34(33)46)27-7-9-28(10-8-27)37(47)42-31-15-16-31/h3-14,21-22,26,31,39,49H,15-20,23-24H2,1-2H3,(H,42,47)(H,43,48)/t26-,39?/m1/s1. The number of nitrogens with zero attached hydrogens (tertiary/aromatic N) is 4. The second-order valence-electron chi connectivity index (χ2n) is 14.2. The number of aliphatic hydroxyl groups is 1. The highest BCUT2D eigenvalue weighted by Gasteiger charge is 2.45. The summed E-state index contributed by atoms with van der Waals surface area (Å²) in [4.78, 5) is 40.0. The van der Waals surface area contributed by atoms with Crippen molar-refractivity contribution in [1.29, 1.82) is 0 Å². The molecule has 3 fully saturated rings. The second-order valence-corrected chi connectivity index (χ2v) is 14.2. The van der Waals surface area contributed by atoms with Gasteiger partial charge in [0.2, 0.25) is 0 Å². The van der Waals surface area contributed by atoms with Crippen molar-refractivity contribution < 1.29 is 19.4 Å². The molecular formula is C40H42N6O4. The van der Waals surface area contributed by atoms with E-state index in [0.717, 1.165) is 80.2 Å². The third kappa shape index (κ3) is 6.25. The van der Waals surface area contributed by atoms with Gasteiger partial charge in [-0.25, -0.2) is 9.98 Å². The molecule has 3 aliphatic heterocycles. The van der Waals surface area contributed by atoms with Crippen LogP contribution in [0.2, 0.25) is 0 Å². The molecular weight excluding hydrogens is 628 g/mol. The molecule has 50 heavy (non-hydrogen) atoms. The number of rotatable bonds is 8. The van der Waals surface area contributed by atoms with Crippen LogP contribution in [0, 0.1) is 12.3 Å². The number of benzene rings is 3. The minimum atomic E-state index is -0.985. The molecule has 10 nitrogen and oxygen atoms in total. The molecule has 1 saturated carbocycles. The largest absolute Gasteiger partial charge is 0.381 e. The number of pyridine rings is 1. The number of aromatic nitrogens is 1. The molecule has 2 atom stereocenters. The van der Waals surface area contributed by atoms with Crippen molar-refractivity contribution in [3.63, 3.8) is 0 Å². The first-order valence-electron chi connectivity index (χ1n) is 17.5. The molecule has 3 aromatic carbocycles. The molecule has 3 N–H and O–H groups in total. The minimum absolute atomic E-state index is 0.0599. The number of carbonyl (C=O) groups is 2. The summed E-state index contributed by atoms with van der Waals surface area (Å²) in [5.74, 6) is 0.437. The fraction of sp³-hybridized carbons (Fsp3) is 0.350. The molecule has 4 aromatic rings. The Morgan fingerprint density at radius 3 is 2.40 bits per heavy atom. The molecule has 10 heteroatoms. The van der Waals surface area contributed by atoms with Crippen LogP contribution in [0.25, 0.3) is 0 Å². The predicted molar refractivity (Wildman–Crippen MR) is 195 cm³/mol. The topological polar surface area (TPSA) is 119 Å². The number of nitrogens with one attached hydrogen (secondary N) is 2. The van der Waals surface area contributed by atoms with Gasteiger partial charge in [-0.1, -0.05) is 36.4 Å². The van der Waals surface area contributed by atoms with Gasteiger partial charge in [0.25, 0.3) is 11.8 Å². The molecule has 0 radical (unpaired) electrons. The smallest absolute Gasteiger partial charge is 0.259 e. The van der Waals surface area contributed by atoms with Crippen molar-refractivity contribution in [3.05, 3.63) is 113 Å². The van der Waals surface area contributed by atoms with Crippen LogP contribution >= 0.6 is 0 Å². The van der Waals surface area contributed by atoms with E-state index in [1.165, 1.54) is 0 Å². The molecule has 0 bridgehead atoms. The summed E-state index contributed by atoms with van der Waals surface area (Å²) in [5, 5.41) is 18.0. The predicted octanol–water partition coefficient (Wildman–Crippen LogP) is 6.17. The molecule has 1 unspecified atom stereocenters. The van der Waals surface area contributed by atoms with Gasteiger partial charge in [-0.3, -0.25) is 9.59 Å². The van der Waals surface area contributed by atoms with Crippen molar-refractivity contribution in [2.45, 2.75) is 57.8 Å². The van der Waals surface area contributed by atoms with Crippen molar-refractivity contribution >= 4 is 40.4 Å². The number of aryl methyl sites for hydroxylation is 1. The molecule has 1 spiro atoms. The molecule has 4 aliphatic rings. The number of hydrogen-bond donors (Lipinski definition) is 3. The summed E-state index contributed by atoms with van der Waals surface area (Å²) in [7, 11) is 0. The van der Waals surface area contributed by atoms with Gasteiger partial charge in [-0.05, 0) is 93.1 Å². The number of amides is 2. The fourth-order valence-corrected chi connectivity index (χ4v) is 7.39. The Bertz CT molecular complexity index is 1940. The van der Waals surface area contributed by atoms with Gasteiger partial charge < -0.3 is 30.3 Å². The Morgan fingerprint density at radius 1 is 0.960 bits per heavy atom. The number of anilines is 3. The van der Waals surface area contributed by atoms with E-state index >= 15 is 0 Å². The van der Waals surface area contributed by atoms with Crippen LogP contribution in [-0.4, -0.2) is 66.0 Å². The van der Waals surface area contributed by atoms with Crippen LogP contribution in [0.3, 0.4) is 0 Å². The van der Waals surface area contributed by atoms with Crippen molar-refractivity contribution in [2.24, 2.45) is 10.4 Å². The summed E-state index contributed by atoms with van der Waals surface area (Å²) in [6.07, 6.45) is 4.99. The number of aliphatic hydroxyl groups excluding tert-OH is 1. The Balaban J connectivity index is 0.985. The van der Waals surface area contributed by atoms with Crippen LogP contribution in [-0.2, 0) is 4.74 Å². The van der Waals surface area contributed by atoms with Crippen LogP contribution in [0.4, 0.5) is 22.9 Å². The molecule has 1 aliphatic carbocycles.